The predicted octanol–water partition coefficient (Wildman–Crippen LogP) is -2.63. The predicted molar refractivity (Wildman–Crippen MR) is 113 cm³/mol. The Bertz CT molecular complexity index is 818. The van der Waals surface area contributed by atoms with Gasteiger partial charge in [0.25, 0.3) is 0 Å². The Hall–Kier alpha value is -3.51. The van der Waals surface area contributed by atoms with E-state index in [4.69, 9.17) is 16.6 Å². The molecule has 0 spiro atoms. The molecule has 0 aliphatic rings. The van der Waals surface area contributed by atoms with Gasteiger partial charge in [0.15, 0.2) is 0 Å². The van der Waals surface area contributed by atoms with E-state index in [2.05, 4.69) is 16.0 Å². The zero-order valence-electron chi connectivity index (χ0n) is 17.6. The molecule has 1 aromatic rings. The molecule has 0 saturated carbocycles. The maximum Gasteiger partial charge on any atom is 0.325 e. The minimum Gasteiger partial charge on any atom is -0.480 e. The number of nitrogens with two attached hydrogens (primary N) is 2. The second-order valence-electron chi connectivity index (χ2n) is 7.17. The number of benzene rings is 1. The molecule has 32 heavy (non-hydrogen) atoms. The smallest absolute Gasteiger partial charge is 0.325 e. The highest BCUT2D eigenvalue weighted by Gasteiger charge is 2.29. The number of amides is 4. The first-order valence-electron chi connectivity index (χ1n) is 9.87. The second kappa shape index (κ2) is 13.0. The fourth-order valence-electron chi connectivity index (χ4n) is 2.64. The number of carboxylic acid groups (broad SMARTS) is 1. The van der Waals surface area contributed by atoms with Crippen molar-refractivity contribution in [2.24, 2.45) is 11.5 Å². The van der Waals surface area contributed by atoms with Crippen molar-refractivity contribution in [2.45, 2.75) is 50.4 Å². The molecule has 1 rings (SSSR count). The highest BCUT2D eigenvalue weighted by Crippen LogP contribution is 2.04. The van der Waals surface area contributed by atoms with Crippen molar-refractivity contribution in [3.8, 4) is 0 Å². The van der Waals surface area contributed by atoms with Crippen LogP contribution >= 0.6 is 0 Å². The molecule has 0 bridgehead atoms. The molecule has 4 unspecified atom stereocenters. The highest BCUT2D eigenvalue weighted by atomic mass is 16.4. The van der Waals surface area contributed by atoms with Crippen LogP contribution in [0, 0.1) is 0 Å². The van der Waals surface area contributed by atoms with E-state index in [-0.39, 0.29) is 19.3 Å². The van der Waals surface area contributed by atoms with Gasteiger partial charge in [-0.15, -0.1) is 0 Å². The summed E-state index contributed by atoms with van der Waals surface area (Å²) >= 11 is 0. The third-order valence-electron chi connectivity index (χ3n) is 4.49. The molecule has 12 nitrogen and oxygen atoms in total. The molecule has 1 aromatic carbocycles. The van der Waals surface area contributed by atoms with Crippen molar-refractivity contribution in [2.75, 3.05) is 6.61 Å². The average Bonchev–Trinajstić information content (AvgIpc) is 2.74. The Labute approximate surface area is 184 Å². The van der Waals surface area contributed by atoms with Crippen molar-refractivity contribution in [3.05, 3.63) is 35.9 Å². The van der Waals surface area contributed by atoms with Gasteiger partial charge in [-0.2, -0.15) is 0 Å². The molecule has 0 aliphatic heterocycles. The van der Waals surface area contributed by atoms with Gasteiger partial charge in [0, 0.05) is 6.42 Å². The van der Waals surface area contributed by atoms with Gasteiger partial charge in [0.2, 0.25) is 23.6 Å². The molecule has 0 radical (unpaired) electrons. The van der Waals surface area contributed by atoms with Gasteiger partial charge in [-0.1, -0.05) is 30.3 Å². The van der Waals surface area contributed by atoms with Crippen molar-refractivity contribution in [1.29, 1.82) is 0 Å². The number of carboxylic acids is 1. The molecule has 0 heterocycles. The number of carbonyl (C=O) groups excluding carboxylic acids is 4. The van der Waals surface area contributed by atoms with Gasteiger partial charge in [0.1, 0.15) is 18.1 Å². The molecule has 0 aromatic heterocycles. The van der Waals surface area contributed by atoms with Crippen LogP contribution in [-0.4, -0.2) is 70.6 Å². The first kappa shape index (κ1) is 26.5. The standard InChI is InChI=1S/C20H29N5O7/c1-11(20(31)32)23-19(30)15(10-26)25-18(29)14(7-8-16(22)27)24-17(28)13(21)9-12-5-3-2-4-6-12/h2-6,11,13-15,26H,7-10,21H2,1H3,(H2,22,27)(H,23,30)(H,24,28)(H,25,29)(H,31,32). The van der Waals surface area contributed by atoms with E-state index in [1.54, 1.807) is 24.3 Å². The molecular formula is C20H29N5O7. The number of hydrogen-bond donors (Lipinski definition) is 7. The van der Waals surface area contributed by atoms with Crippen molar-refractivity contribution < 1.29 is 34.2 Å². The third kappa shape index (κ3) is 9.10. The van der Waals surface area contributed by atoms with E-state index >= 15 is 0 Å². The fraction of sp³-hybridized carbons (Fsp3) is 0.450. The lowest BCUT2D eigenvalue weighted by molar-refractivity contribution is -0.142. The SMILES string of the molecule is CC(NC(=O)C(CO)NC(=O)C(CCC(N)=O)NC(=O)C(N)Cc1ccccc1)C(=O)O. The van der Waals surface area contributed by atoms with Crippen molar-refractivity contribution >= 4 is 29.6 Å². The van der Waals surface area contributed by atoms with E-state index in [1.807, 2.05) is 6.07 Å². The Morgan fingerprint density at radius 1 is 0.938 bits per heavy atom. The minimum absolute atomic E-state index is 0.170. The molecule has 176 valence electrons. The van der Waals surface area contributed by atoms with Crippen LogP contribution in [0.2, 0.25) is 0 Å². The van der Waals surface area contributed by atoms with Gasteiger partial charge in [-0.05, 0) is 25.3 Å². The lowest BCUT2D eigenvalue weighted by Gasteiger charge is -2.23. The van der Waals surface area contributed by atoms with Crippen LogP contribution in [0.25, 0.3) is 0 Å². The van der Waals surface area contributed by atoms with E-state index in [9.17, 15) is 29.1 Å². The summed E-state index contributed by atoms with van der Waals surface area (Å²) in [6.07, 6.45) is -0.208. The number of aliphatic hydroxyl groups is 1. The van der Waals surface area contributed by atoms with Crippen LogP contribution in [0.3, 0.4) is 0 Å². The summed E-state index contributed by atoms with van der Waals surface area (Å²) in [4.78, 5) is 59.3. The van der Waals surface area contributed by atoms with Crippen molar-refractivity contribution in [1.82, 2.24) is 16.0 Å². The number of nitrogens with one attached hydrogen (secondary N) is 3. The Morgan fingerprint density at radius 3 is 2.03 bits per heavy atom. The lowest BCUT2D eigenvalue weighted by Crippen LogP contribution is -2.58. The van der Waals surface area contributed by atoms with Crippen LogP contribution in [0.15, 0.2) is 30.3 Å². The first-order chi connectivity index (χ1) is 15.0. The Kier molecular flexibility index (Phi) is 10.8. The Morgan fingerprint density at radius 2 is 1.50 bits per heavy atom. The van der Waals surface area contributed by atoms with Crippen LogP contribution in [0.1, 0.15) is 25.3 Å². The summed E-state index contributed by atoms with van der Waals surface area (Å²) in [5.74, 6) is -4.49. The number of rotatable bonds is 13. The Balaban J connectivity index is 2.83. The maximum absolute atomic E-state index is 12.6. The minimum atomic E-state index is -1.48. The molecular weight excluding hydrogens is 422 g/mol. The summed E-state index contributed by atoms with van der Waals surface area (Å²) in [6, 6.07) is 3.96. The van der Waals surface area contributed by atoms with Crippen LogP contribution < -0.4 is 27.4 Å². The average molecular weight is 451 g/mol. The molecule has 0 fully saturated rings. The highest BCUT2D eigenvalue weighted by molar-refractivity contribution is 5.94. The molecule has 0 aliphatic carbocycles. The molecule has 0 saturated heterocycles. The summed E-state index contributed by atoms with van der Waals surface area (Å²) in [7, 11) is 0. The topological polar surface area (TPSA) is 214 Å². The molecule has 9 N–H and O–H groups in total. The number of hydrogen-bond acceptors (Lipinski definition) is 7. The number of carbonyl (C=O) groups is 5. The van der Waals surface area contributed by atoms with Crippen LogP contribution in [-0.2, 0) is 30.4 Å². The lowest BCUT2D eigenvalue weighted by atomic mass is 10.0. The summed E-state index contributed by atoms with van der Waals surface area (Å²) < 4.78 is 0. The summed E-state index contributed by atoms with van der Waals surface area (Å²) in [5.41, 5.74) is 11.8. The maximum atomic E-state index is 12.6. The fourth-order valence-corrected chi connectivity index (χ4v) is 2.64. The number of aliphatic hydroxyl groups excluding tert-OH is 1. The van der Waals surface area contributed by atoms with Crippen LogP contribution in [0.4, 0.5) is 0 Å². The van der Waals surface area contributed by atoms with E-state index in [1.165, 1.54) is 6.92 Å². The largest absolute Gasteiger partial charge is 0.480 e. The van der Waals surface area contributed by atoms with Gasteiger partial charge in [-0.3, -0.25) is 24.0 Å². The number of aliphatic carboxylic acids is 1. The quantitative estimate of drug-likeness (QED) is 0.168. The van der Waals surface area contributed by atoms with Crippen LogP contribution in [0.5, 0.6) is 0 Å². The second-order valence-corrected chi connectivity index (χ2v) is 7.17. The third-order valence-corrected chi connectivity index (χ3v) is 4.49. The van der Waals surface area contributed by atoms with Gasteiger partial charge in [0.05, 0.1) is 12.6 Å². The molecule has 4 amide bonds. The van der Waals surface area contributed by atoms with Gasteiger partial charge >= 0.3 is 5.97 Å². The molecule has 12 heteroatoms. The van der Waals surface area contributed by atoms with E-state index in [0.29, 0.717) is 0 Å². The summed E-state index contributed by atoms with van der Waals surface area (Å²) in [5, 5.41) is 25.1. The number of primary amides is 1. The first-order valence-corrected chi connectivity index (χ1v) is 9.87. The van der Waals surface area contributed by atoms with Gasteiger partial charge in [-0.25, -0.2) is 0 Å². The normalized spacial score (nSPS) is 14.3. The van der Waals surface area contributed by atoms with Crippen molar-refractivity contribution in [3.63, 3.8) is 0 Å². The van der Waals surface area contributed by atoms with E-state index < -0.39 is 60.4 Å². The summed E-state index contributed by atoms with van der Waals surface area (Å²) in [6.45, 7) is 0.383. The molecule has 4 atom stereocenters. The zero-order chi connectivity index (χ0) is 24.3. The monoisotopic (exact) mass is 451 g/mol. The zero-order valence-corrected chi connectivity index (χ0v) is 17.6. The van der Waals surface area contributed by atoms with Gasteiger partial charge < -0.3 is 37.6 Å². The van der Waals surface area contributed by atoms with E-state index in [0.717, 1.165) is 5.56 Å².